The minimum Gasteiger partial charge on any atom is -0.506 e. The zero-order valence-corrected chi connectivity index (χ0v) is 8.36. The summed E-state index contributed by atoms with van der Waals surface area (Å²) < 4.78 is 0. The zero-order chi connectivity index (χ0) is 10.7. The number of carbonyl (C=O) groups is 1. The maximum absolute atomic E-state index is 10.6. The molecule has 0 fully saturated rings. The molecule has 0 aliphatic heterocycles. The molecule has 0 bridgehead atoms. The Bertz CT molecular complexity index is 402. The molecule has 0 atom stereocenters. The summed E-state index contributed by atoms with van der Waals surface area (Å²) in [5.74, 6) is -1.54. The Morgan fingerprint density at radius 2 is 1.93 bits per heavy atom. The van der Waals surface area contributed by atoms with Gasteiger partial charge in [0.15, 0.2) is 5.96 Å². The van der Waals surface area contributed by atoms with Crippen molar-refractivity contribution in [2.24, 2.45) is 16.5 Å². The number of guanidine groups is 1. The molecule has 1 aromatic carbocycles. The van der Waals surface area contributed by atoms with E-state index >= 15 is 0 Å². The van der Waals surface area contributed by atoms with Crippen molar-refractivity contribution in [1.29, 1.82) is 0 Å². The van der Waals surface area contributed by atoms with Gasteiger partial charge >= 0.3 is 5.97 Å². The van der Waals surface area contributed by atoms with Crippen LogP contribution < -0.4 is 11.5 Å². The number of nitrogens with zero attached hydrogens (tertiary/aromatic N) is 1. The highest BCUT2D eigenvalue weighted by Gasteiger charge is 2.06. The molecular formula is C8H10ClN3O3. The van der Waals surface area contributed by atoms with Gasteiger partial charge in [0.2, 0.25) is 0 Å². The summed E-state index contributed by atoms with van der Waals surface area (Å²) in [5.41, 5.74) is 10.2. The molecule has 7 heteroatoms. The Morgan fingerprint density at radius 1 is 1.33 bits per heavy atom. The SMILES string of the molecule is Cl.NC(N)=Nc1cc(C(=O)O)ccc1O. The number of phenols is 1. The first-order valence-corrected chi connectivity index (χ1v) is 3.66. The largest absolute Gasteiger partial charge is 0.506 e. The van der Waals surface area contributed by atoms with Gasteiger partial charge in [0.25, 0.3) is 0 Å². The van der Waals surface area contributed by atoms with E-state index in [-0.39, 0.29) is 35.4 Å². The zero-order valence-electron chi connectivity index (χ0n) is 7.54. The van der Waals surface area contributed by atoms with Crippen molar-refractivity contribution in [3.8, 4) is 5.75 Å². The van der Waals surface area contributed by atoms with E-state index in [9.17, 15) is 9.90 Å². The van der Waals surface area contributed by atoms with Crippen LogP contribution in [0.25, 0.3) is 0 Å². The number of hydrogen-bond donors (Lipinski definition) is 4. The smallest absolute Gasteiger partial charge is 0.335 e. The number of aromatic hydroxyl groups is 1. The molecule has 0 amide bonds. The first-order chi connectivity index (χ1) is 6.50. The Kier molecular flexibility index (Phi) is 4.40. The van der Waals surface area contributed by atoms with Crippen LogP contribution in [0.15, 0.2) is 23.2 Å². The Labute approximate surface area is 91.6 Å². The van der Waals surface area contributed by atoms with Crippen molar-refractivity contribution in [2.75, 3.05) is 0 Å². The van der Waals surface area contributed by atoms with Crippen LogP contribution in [0.4, 0.5) is 5.69 Å². The molecule has 0 saturated heterocycles. The number of hydrogen-bond acceptors (Lipinski definition) is 3. The molecule has 6 nitrogen and oxygen atoms in total. The molecule has 1 aromatic rings. The quantitative estimate of drug-likeness (QED) is 0.434. The maximum atomic E-state index is 10.6. The van der Waals surface area contributed by atoms with Gasteiger partial charge in [0.05, 0.1) is 5.56 Å². The van der Waals surface area contributed by atoms with Crippen LogP contribution >= 0.6 is 12.4 Å². The van der Waals surface area contributed by atoms with Gasteiger partial charge < -0.3 is 21.7 Å². The average molecular weight is 232 g/mol. The van der Waals surface area contributed by atoms with Crippen LogP contribution in [0.1, 0.15) is 10.4 Å². The summed E-state index contributed by atoms with van der Waals surface area (Å²) in [6.07, 6.45) is 0. The van der Waals surface area contributed by atoms with Gasteiger partial charge in [-0.2, -0.15) is 0 Å². The Balaban J connectivity index is 0.00000196. The highest BCUT2D eigenvalue weighted by Crippen LogP contribution is 2.26. The highest BCUT2D eigenvalue weighted by molar-refractivity contribution is 5.90. The minimum absolute atomic E-state index is 0. The van der Waals surface area contributed by atoms with Gasteiger partial charge in [-0.3, -0.25) is 0 Å². The van der Waals surface area contributed by atoms with Crippen molar-refractivity contribution in [2.45, 2.75) is 0 Å². The lowest BCUT2D eigenvalue weighted by Crippen LogP contribution is -2.21. The summed E-state index contributed by atoms with van der Waals surface area (Å²) in [6, 6.07) is 3.64. The van der Waals surface area contributed by atoms with Crippen molar-refractivity contribution in [3.05, 3.63) is 23.8 Å². The standard InChI is InChI=1S/C8H9N3O3.ClH/c9-8(10)11-5-3-4(7(13)14)1-2-6(5)12;/h1-3,12H,(H,13,14)(H4,9,10,11);1H. The first-order valence-electron chi connectivity index (χ1n) is 3.66. The van der Waals surface area contributed by atoms with Crippen molar-refractivity contribution >= 4 is 30.0 Å². The molecule has 82 valence electrons. The van der Waals surface area contributed by atoms with E-state index in [1.165, 1.54) is 18.2 Å². The third-order valence-corrected chi connectivity index (χ3v) is 1.47. The fourth-order valence-corrected chi connectivity index (χ4v) is 0.885. The number of halogens is 1. The molecule has 0 unspecified atom stereocenters. The fourth-order valence-electron chi connectivity index (χ4n) is 0.885. The second kappa shape index (κ2) is 5.06. The molecule has 6 N–H and O–H groups in total. The van der Waals surface area contributed by atoms with Crippen LogP contribution in [-0.4, -0.2) is 22.1 Å². The van der Waals surface area contributed by atoms with E-state index in [1.54, 1.807) is 0 Å². The average Bonchev–Trinajstić information content (AvgIpc) is 2.07. The van der Waals surface area contributed by atoms with Crippen molar-refractivity contribution < 1.29 is 15.0 Å². The van der Waals surface area contributed by atoms with Crippen LogP contribution in [0.3, 0.4) is 0 Å². The summed E-state index contributed by atoms with van der Waals surface area (Å²) in [5, 5.41) is 17.9. The normalized spacial score (nSPS) is 8.80. The van der Waals surface area contributed by atoms with E-state index in [0.29, 0.717) is 0 Å². The highest BCUT2D eigenvalue weighted by atomic mass is 35.5. The molecule has 0 aliphatic rings. The molecule has 0 saturated carbocycles. The first kappa shape index (κ1) is 13.1. The summed E-state index contributed by atoms with van der Waals surface area (Å²) in [6.45, 7) is 0. The Hall–Kier alpha value is -1.95. The lowest BCUT2D eigenvalue weighted by molar-refractivity contribution is 0.0697. The van der Waals surface area contributed by atoms with Crippen molar-refractivity contribution in [1.82, 2.24) is 0 Å². The van der Waals surface area contributed by atoms with E-state index in [4.69, 9.17) is 16.6 Å². The number of nitrogens with two attached hydrogens (primary N) is 2. The third-order valence-electron chi connectivity index (χ3n) is 1.47. The third kappa shape index (κ3) is 3.35. The molecular weight excluding hydrogens is 222 g/mol. The van der Waals surface area contributed by atoms with Crippen molar-refractivity contribution in [3.63, 3.8) is 0 Å². The lowest BCUT2D eigenvalue weighted by atomic mass is 10.2. The van der Waals surface area contributed by atoms with Gasteiger partial charge in [0.1, 0.15) is 11.4 Å². The van der Waals surface area contributed by atoms with Gasteiger partial charge in [-0.25, -0.2) is 9.79 Å². The van der Waals surface area contributed by atoms with E-state index in [2.05, 4.69) is 4.99 Å². The van der Waals surface area contributed by atoms with Crippen LogP contribution in [0.5, 0.6) is 5.75 Å². The van der Waals surface area contributed by atoms with Gasteiger partial charge in [-0.15, -0.1) is 12.4 Å². The van der Waals surface area contributed by atoms with E-state index in [1.807, 2.05) is 0 Å². The molecule has 15 heavy (non-hydrogen) atoms. The van der Waals surface area contributed by atoms with E-state index in [0.717, 1.165) is 0 Å². The lowest BCUT2D eigenvalue weighted by Gasteiger charge is -2.00. The molecule has 0 spiro atoms. The van der Waals surface area contributed by atoms with Gasteiger partial charge in [0, 0.05) is 0 Å². The molecule has 0 heterocycles. The molecule has 0 radical (unpaired) electrons. The van der Waals surface area contributed by atoms with Crippen LogP contribution in [0, 0.1) is 0 Å². The number of aromatic carboxylic acids is 1. The monoisotopic (exact) mass is 231 g/mol. The van der Waals surface area contributed by atoms with Crippen LogP contribution in [-0.2, 0) is 0 Å². The number of carboxylic acid groups (broad SMARTS) is 1. The van der Waals surface area contributed by atoms with Crippen LogP contribution in [0.2, 0.25) is 0 Å². The fraction of sp³-hybridized carbons (Fsp3) is 0. The minimum atomic E-state index is -1.11. The number of rotatable bonds is 2. The Morgan fingerprint density at radius 3 is 2.40 bits per heavy atom. The van der Waals surface area contributed by atoms with Gasteiger partial charge in [-0.05, 0) is 18.2 Å². The van der Waals surface area contributed by atoms with Gasteiger partial charge in [-0.1, -0.05) is 0 Å². The van der Waals surface area contributed by atoms with E-state index < -0.39 is 5.97 Å². The molecule has 0 aliphatic carbocycles. The number of aliphatic imine (C=N–C) groups is 1. The number of benzene rings is 1. The predicted molar refractivity (Wildman–Crippen MR) is 57.8 cm³/mol. The maximum Gasteiger partial charge on any atom is 0.335 e. The second-order valence-electron chi connectivity index (χ2n) is 2.55. The second-order valence-corrected chi connectivity index (χ2v) is 2.55. The summed E-state index contributed by atoms with van der Waals surface area (Å²) in [4.78, 5) is 14.1. The summed E-state index contributed by atoms with van der Waals surface area (Å²) in [7, 11) is 0. The number of carboxylic acids is 1. The predicted octanol–water partition coefficient (Wildman–Crippen LogP) is 0.417. The summed E-state index contributed by atoms with van der Waals surface area (Å²) >= 11 is 0. The number of phenolic OH excluding ortho intramolecular Hbond substituents is 1. The topological polar surface area (TPSA) is 122 Å². The molecule has 1 rings (SSSR count). The molecule has 0 aromatic heterocycles.